The van der Waals surface area contributed by atoms with Crippen LogP contribution in [0.3, 0.4) is 0 Å². The summed E-state index contributed by atoms with van der Waals surface area (Å²) in [5, 5.41) is 0. The monoisotopic (exact) mass is 468 g/mol. The van der Waals surface area contributed by atoms with Gasteiger partial charge in [0.25, 0.3) is 5.91 Å². The number of amides is 1. The van der Waals surface area contributed by atoms with Crippen molar-refractivity contribution >= 4 is 5.91 Å². The molecule has 4 heterocycles. The Morgan fingerprint density at radius 2 is 1.80 bits per heavy atom. The predicted molar refractivity (Wildman–Crippen MR) is 128 cm³/mol. The topological polar surface area (TPSA) is 103 Å². The molecule has 0 bridgehead atoms. The Balaban J connectivity index is 1.36. The van der Waals surface area contributed by atoms with Crippen molar-refractivity contribution in [2.24, 2.45) is 0 Å². The molecule has 1 aliphatic heterocycles. The average molecular weight is 469 g/mol. The highest BCUT2D eigenvalue weighted by atomic mass is 16.5. The number of para-hydroxylation sites is 2. The molecule has 0 unspecified atom stereocenters. The molecule has 1 aromatic carbocycles. The number of methoxy groups -OCH3 is 1. The number of hydrogen-bond donors (Lipinski definition) is 0. The second kappa shape index (κ2) is 10.3. The molecule has 0 aliphatic carbocycles. The lowest BCUT2D eigenvalue weighted by Crippen LogP contribution is -2.39. The number of nitrogens with zero attached hydrogens (tertiary/aromatic N) is 6. The first-order valence-corrected chi connectivity index (χ1v) is 11.4. The van der Waals surface area contributed by atoms with Crippen LogP contribution in [0.5, 0.6) is 17.4 Å². The van der Waals surface area contributed by atoms with Gasteiger partial charge in [-0.1, -0.05) is 18.2 Å². The van der Waals surface area contributed by atoms with E-state index in [0.29, 0.717) is 41.9 Å². The zero-order valence-electron chi connectivity index (χ0n) is 19.2. The van der Waals surface area contributed by atoms with Crippen LogP contribution in [0.15, 0.2) is 73.6 Å². The molecule has 0 spiro atoms. The number of likely N-dealkylation sites (tertiary alicyclic amines) is 1. The summed E-state index contributed by atoms with van der Waals surface area (Å²) in [5.41, 5.74) is 2.53. The molecule has 0 radical (unpaired) electrons. The maximum absolute atomic E-state index is 13.4. The van der Waals surface area contributed by atoms with Crippen molar-refractivity contribution < 1.29 is 14.3 Å². The molecule has 4 aromatic rings. The standard InChI is InChI=1S/C26H24N6O3/c1-34-22-9-2-3-10-23(22)35-25-24(29-11-12-30-25)18-6-5-13-32(16-18)26(33)21-8-4-7-20(31-21)19-14-27-17-28-15-19/h2-4,7-12,14-15,17-18H,5-6,13,16H2,1H3/t18-/m1/s1. The van der Waals surface area contributed by atoms with Crippen molar-refractivity contribution in [3.05, 3.63) is 85.0 Å². The molecule has 1 aliphatic rings. The molecule has 1 fully saturated rings. The van der Waals surface area contributed by atoms with E-state index in [1.807, 2.05) is 41.3 Å². The predicted octanol–water partition coefficient (Wildman–Crippen LogP) is 4.15. The van der Waals surface area contributed by atoms with Gasteiger partial charge in [0, 0.05) is 49.4 Å². The number of rotatable bonds is 6. The number of carbonyl (C=O) groups is 1. The summed E-state index contributed by atoms with van der Waals surface area (Å²) in [7, 11) is 1.60. The molecule has 3 aromatic heterocycles. The van der Waals surface area contributed by atoms with Crippen molar-refractivity contribution in [3.8, 4) is 28.6 Å². The first-order chi connectivity index (χ1) is 17.2. The Kier molecular flexibility index (Phi) is 6.56. The highest BCUT2D eigenvalue weighted by molar-refractivity contribution is 5.93. The lowest BCUT2D eigenvalue weighted by Gasteiger charge is -2.32. The summed E-state index contributed by atoms with van der Waals surface area (Å²) in [6, 6.07) is 12.8. The minimum absolute atomic E-state index is 0.0168. The van der Waals surface area contributed by atoms with Crippen LogP contribution < -0.4 is 9.47 Å². The normalized spacial score (nSPS) is 15.5. The molecule has 1 saturated heterocycles. The molecule has 35 heavy (non-hydrogen) atoms. The van der Waals surface area contributed by atoms with E-state index >= 15 is 0 Å². The summed E-state index contributed by atoms with van der Waals surface area (Å²) < 4.78 is 11.5. The Morgan fingerprint density at radius 3 is 2.63 bits per heavy atom. The van der Waals surface area contributed by atoms with Crippen LogP contribution in [-0.2, 0) is 0 Å². The molecular formula is C26H24N6O3. The van der Waals surface area contributed by atoms with Gasteiger partial charge in [-0.25, -0.2) is 19.9 Å². The van der Waals surface area contributed by atoms with Crippen LogP contribution in [0.1, 0.15) is 34.9 Å². The van der Waals surface area contributed by atoms with Gasteiger partial charge in [-0.05, 0) is 37.1 Å². The zero-order valence-corrected chi connectivity index (χ0v) is 19.2. The molecule has 0 saturated carbocycles. The molecule has 1 amide bonds. The third kappa shape index (κ3) is 4.93. The van der Waals surface area contributed by atoms with Crippen molar-refractivity contribution in [2.75, 3.05) is 20.2 Å². The number of carbonyl (C=O) groups excluding carboxylic acids is 1. The van der Waals surface area contributed by atoms with Crippen molar-refractivity contribution in [1.82, 2.24) is 29.8 Å². The van der Waals surface area contributed by atoms with Gasteiger partial charge in [-0.3, -0.25) is 9.78 Å². The van der Waals surface area contributed by atoms with Gasteiger partial charge in [0.05, 0.1) is 12.8 Å². The average Bonchev–Trinajstić information content (AvgIpc) is 2.94. The van der Waals surface area contributed by atoms with E-state index in [4.69, 9.17) is 9.47 Å². The molecule has 0 N–H and O–H groups in total. The SMILES string of the molecule is COc1ccccc1Oc1nccnc1[C@@H]1CCCN(C(=O)c2cccc(-c3cncnc3)n2)C1. The first-order valence-electron chi connectivity index (χ1n) is 11.4. The fourth-order valence-corrected chi connectivity index (χ4v) is 4.19. The summed E-state index contributed by atoms with van der Waals surface area (Å²) in [6.07, 6.45) is 9.79. The summed E-state index contributed by atoms with van der Waals surface area (Å²) in [5.74, 6) is 1.45. The van der Waals surface area contributed by atoms with E-state index in [9.17, 15) is 4.79 Å². The number of hydrogen-bond acceptors (Lipinski definition) is 8. The van der Waals surface area contributed by atoms with Gasteiger partial charge in [0.2, 0.25) is 5.88 Å². The van der Waals surface area contributed by atoms with Crippen LogP contribution in [-0.4, -0.2) is 55.9 Å². The number of ether oxygens (including phenoxy) is 2. The van der Waals surface area contributed by atoms with Gasteiger partial charge in [0.1, 0.15) is 17.7 Å². The molecule has 176 valence electrons. The maximum Gasteiger partial charge on any atom is 0.272 e. The van der Waals surface area contributed by atoms with Crippen molar-refractivity contribution in [1.29, 1.82) is 0 Å². The molecule has 5 rings (SSSR count). The zero-order chi connectivity index (χ0) is 24.0. The molecule has 1 atom stereocenters. The number of benzene rings is 1. The molecule has 9 nitrogen and oxygen atoms in total. The van der Waals surface area contributed by atoms with E-state index in [0.717, 1.165) is 24.1 Å². The fourth-order valence-electron chi connectivity index (χ4n) is 4.19. The first kappa shape index (κ1) is 22.4. The number of piperidine rings is 1. The van der Waals surface area contributed by atoms with Crippen molar-refractivity contribution in [3.63, 3.8) is 0 Å². The minimum Gasteiger partial charge on any atom is -0.493 e. The second-order valence-electron chi connectivity index (χ2n) is 8.13. The van der Waals surface area contributed by atoms with Gasteiger partial charge in [0.15, 0.2) is 11.5 Å². The largest absolute Gasteiger partial charge is 0.493 e. The number of aromatic nitrogens is 5. The van der Waals surface area contributed by atoms with Crippen LogP contribution >= 0.6 is 0 Å². The van der Waals surface area contributed by atoms with E-state index in [1.54, 1.807) is 38.0 Å². The molecular weight excluding hydrogens is 444 g/mol. The second-order valence-corrected chi connectivity index (χ2v) is 8.13. The Labute approximate surface area is 202 Å². The summed E-state index contributed by atoms with van der Waals surface area (Å²) in [6.45, 7) is 1.15. The van der Waals surface area contributed by atoms with Crippen LogP contribution in [0.25, 0.3) is 11.3 Å². The third-order valence-corrected chi connectivity index (χ3v) is 5.89. The molecule has 9 heteroatoms. The quantitative estimate of drug-likeness (QED) is 0.416. The smallest absolute Gasteiger partial charge is 0.272 e. The Morgan fingerprint density at radius 1 is 1.00 bits per heavy atom. The van der Waals surface area contributed by atoms with Gasteiger partial charge in [-0.2, -0.15) is 0 Å². The van der Waals surface area contributed by atoms with Gasteiger partial charge >= 0.3 is 0 Å². The third-order valence-electron chi connectivity index (χ3n) is 5.89. The highest BCUT2D eigenvalue weighted by Gasteiger charge is 2.29. The van der Waals surface area contributed by atoms with E-state index < -0.39 is 0 Å². The minimum atomic E-state index is -0.121. The van der Waals surface area contributed by atoms with E-state index in [2.05, 4.69) is 24.9 Å². The summed E-state index contributed by atoms with van der Waals surface area (Å²) >= 11 is 0. The van der Waals surface area contributed by atoms with Gasteiger partial charge < -0.3 is 14.4 Å². The van der Waals surface area contributed by atoms with Crippen LogP contribution in [0, 0.1) is 0 Å². The lowest BCUT2D eigenvalue weighted by atomic mass is 9.94. The maximum atomic E-state index is 13.4. The number of pyridine rings is 1. The Hall–Kier alpha value is -4.40. The fraction of sp³-hybridized carbons (Fsp3) is 0.231. The van der Waals surface area contributed by atoms with Crippen molar-refractivity contribution in [2.45, 2.75) is 18.8 Å². The van der Waals surface area contributed by atoms with Crippen LogP contribution in [0.4, 0.5) is 0 Å². The lowest BCUT2D eigenvalue weighted by molar-refractivity contribution is 0.0699. The van der Waals surface area contributed by atoms with E-state index in [-0.39, 0.29) is 11.8 Å². The highest BCUT2D eigenvalue weighted by Crippen LogP contribution is 2.36. The van der Waals surface area contributed by atoms with Crippen LogP contribution in [0.2, 0.25) is 0 Å². The summed E-state index contributed by atoms with van der Waals surface area (Å²) in [4.78, 5) is 36.8. The van der Waals surface area contributed by atoms with E-state index in [1.165, 1.54) is 6.33 Å². The Bertz CT molecular complexity index is 1320. The van der Waals surface area contributed by atoms with Gasteiger partial charge in [-0.15, -0.1) is 0 Å².